The minimum atomic E-state index is -1.19. The van der Waals surface area contributed by atoms with Crippen molar-refractivity contribution in [2.24, 2.45) is 0 Å². The molecule has 0 saturated heterocycles. The van der Waals surface area contributed by atoms with Gasteiger partial charge in [-0.05, 0) is 6.42 Å². The zero-order valence-corrected chi connectivity index (χ0v) is 5.54. The van der Waals surface area contributed by atoms with Crippen LogP contribution in [0, 0.1) is 6.61 Å². The molecular weight excluding hydrogens is 120 g/mol. The summed E-state index contributed by atoms with van der Waals surface area (Å²) in [6.45, 7) is 2.35. The molecule has 1 unspecified atom stereocenters. The van der Waals surface area contributed by atoms with E-state index in [1.54, 1.807) is 6.92 Å². The van der Waals surface area contributed by atoms with Gasteiger partial charge in [0.1, 0.15) is 6.61 Å². The second kappa shape index (κ2) is 3.82. The highest BCUT2D eigenvalue weighted by molar-refractivity contribution is 4.83. The molecule has 9 heavy (non-hydrogen) atoms. The van der Waals surface area contributed by atoms with Crippen LogP contribution in [-0.4, -0.2) is 27.5 Å². The second-order valence-electron chi connectivity index (χ2n) is 2.06. The molecule has 0 saturated carbocycles. The summed E-state index contributed by atoms with van der Waals surface area (Å²) < 4.78 is 0. The topological polar surface area (TPSA) is 60.7 Å². The van der Waals surface area contributed by atoms with Crippen LogP contribution in [0.5, 0.6) is 0 Å². The molecule has 0 aliphatic rings. The molecule has 0 amide bonds. The third-order valence-corrected chi connectivity index (χ3v) is 1.40. The molecule has 0 spiro atoms. The molecule has 3 nitrogen and oxygen atoms in total. The quantitative estimate of drug-likeness (QED) is 0.507. The van der Waals surface area contributed by atoms with Gasteiger partial charge in [-0.15, -0.1) is 0 Å². The summed E-state index contributed by atoms with van der Waals surface area (Å²) in [5, 5.41) is 26.0. The number of hydrogen-bond acceptors (Lipinski definition) is 3. The third kappa shape index (κ3) is 2.79. The lowest BCUT2D eigenvalue weighted by Gasteiger charge is -2.21. The number of rotatable bonds is 4. The van der Waals surface area contributed by atoms with Crippen molar-refractivity contribution in [3.63, 3.8) is 0 Å². The van der Waals surface area contributed by atoms with E-state index in [0.717, 1.165) is 6.61 Å². The van der Waals surface area contributed by atoms with E-state index in [2.05, 4.69) is 0 Å². The Hall–Kier alpha value is -0.120. The Morgan fingerprint density at radius 1 is 1.56 bits per heavy atom. The van der Waals surface area contributed by atoms with Crippen molar-refractivity contribution in [3.05, 3.63) is 6.61 Å². The number of aliphatic hydroxyl groups is 3. The van der Waals surface area contributed by atoms with Crippen molar-refractivity contribution in [2.75, 3.05) is 6.61 Å². The first-order valence-electron chi connectivity index (χ1n) is 3.00. The fourth-order valence-electron chi connectivity index (χ4n) is 0.526. The van der Waals surface area contributed by atoms with Crippen molar-refractivity contribution in [1.29, 1.82) is 0 Å². The Kier molecular flexibility index (Phi) is 3.77. The van der Waals surface area contributed by atoms with Gasteiger partial charge in [-0.1, -0.05) is 6.92 Å². The minimum absolute atomic E-state index is 0.110. The van der Waals surface area contributed by atoms with Crippen molar-refractivity contribution in [2.45, 2.75) is 25.4 Å². The smallest absolute Gasteiger partial charge is 0.111 e. The highest BCUT2D eigenvalue weighted by Gasteiger charge is 2.22. The fourth-order valence-corrected chi connectivity index (χ4v) is 0.526. The van der Waals surface area contributed by atoms with Gasteiger partial charge in [0, 0.05) is 13.0 Å². The van der Waals surface area contributed by atoms with E-state index in [9.17, 15) is 0 Å². The van der Waals surface area contributed by atoms with Gasteiger partial charge in [0.25, 0.3) is 0 Å². The van der Waals surface area contributed by atoms with Crippen LogP contribution in [0.1, 0.15) is 19.8 Å². The number of hydrogen-bond donors (Lipinski definition) is 3. The predicted molar refractivity (Wildman–Crippen MR) is 33.2 cm³/mol. The summed E-state index contributed by atoms with van der Waals surface area (Å²) in [6.07, 6.45) is 0.615. The third-order valence-electron chi connectivity index (χ3n) is 1.40. The van der Waals surface area contributed by atoms with Crippen molar-refractivity contribution >= 4 is 0 Å². The molecule has 55 valence electrons. The van der Waals surface area contributed by atoms with Crippen LogP contribution in [0.25, 0.3) is 0 Å². The molecule has 0 fully saturated rings. The summed E-state index contributed by atoms with van der Waals surface area (Å²) in [7, 11) is 0. The average molecular weight is 133 g/mol. The second-order valence-corrected chi connectivity index (χ2v) is 2.06. The Morgan fingerprint density at radius 2 is 2.11 bits per heavy atom. The van der Waals surface area contributed by atoms with E-state index in [0.29, 0.717) is 6.42 Å². The molecule has 0 aromatic carbocycles. The highest BCUT2D eigenvalue weighted by atomic mass is 16.3. The van der Waals surface area contributed by atoms with Crippen molar-refractivity contribution < 1.29 is 15.3 Å². The van der Waals surface area contributed by atoms with Gasteiger partial charge in [-0.2, -0.15) is 0 Å². The number of aliphatic hydroxyl groups excluding tert-OH is 2. The van der Waals surface area contributed by atoms with E-state index in [1.807, 2.05) is 0 Å². The van der Waals surface area contributed by atoms with Crippen molar-refractivity contribution in [1.82, 2.24) is 0 Å². The SMILES string of the molecule is CCC(O)([CH]O)CCO. The van der Waals surface area contributed by atoms with Gasteiger partial charge >= 0.3 is 0 Å². The maximum Gasteiger partial charge on any atom is 0.111 e. The van der Waals surface area contributed by atoms with Crippen LogP contribution < -0.4 is 0 Å². The van der Waals surface area contributed by atoms with E-state index >= 15 is 0 Å². The molecule has 0 aliphatic carbocycles. The molecule has 0 aliphatic heterocycles. The van der Waals surface area contributed by atoms with Crippen LogP contribution in [-0.2, 0) is 0 Å². The standard InChI is InChI=1S/C6H13O3/c1-2-6(9,5-8)3-4-7/h5,7-9H,2-4H2,1H3. The van der Waals surface area contributed by atoms with Gasteiger partial charge in [0.05, 0.1) is 5.60 Å². The molecule has 1 radical (unpaired) electrons. The highest BCUT2D eigenvalue weighted by Crippen LogP contribution is 2.15. The molecule has 0 aromatic heterocycles. The molecular formula is C6H13O3. The fraction of sp³-hybridized carbons (Fsp3) is 0.833. The summed E-state index contributed by atoms with van der Waals surface area (Å²) >= 11 is 0. The maximum atomic E-state index is 9.16. The summed E-state index contributed by atoms with van der Waals surface area (Å²) in [5.74, 6) is 0. The van der Waals surface area contributed by atoms with Crippen molar-refractivity contribution in [3.8, 4) is 0 Å². The average Bonchev–Trinajstić information content (AvgIpc) is 1.89. The summed E-state index contributed by atoms with van der Waals surface area (Å²) in [4.78, 5) is 0. The lowest BCUT2D eigenvalue weighted by atomic mass is 9.99. The zero-order valence-electron chi connectivity index (χ0n) is 5.54. The first-order valence-corrected chi connectivity index (χ1v) is 3.00. The summed E-state index contributed by atoms with van der Waals surface area (Å²) in [6, 6.07) is 0. The molecule has 0 heterocycles. The lowest BCUT2D eigenvalue weighted by molar-refractivity contribution is 0.00337. The van der Waals surface area contributed by atoms with Crippen LogP contribution in [0.15, 0.2) is 0 Å². The first-order chi connectivity index (χ1) is 4.18. The van der Waals surface area contributed by atoms with Gasteiger partial charge < -0.3 is 15.3 Å². The van der Waals surface area contributed by atoms with E-state index < -0.39 is 5.60 Å². The van der Waals surface area contributed by atoms with Crippen LogP contribution in [0.2, 0.25) is 0 Å². The monoisotopic (exact) mass is 133 g/mol. The van der Waals surface area contributed by atoms with E-state index in [1.165, 1.54) is 0 Å². The van der Waals surface area contributed by atoms with Gasteiger partial charge in [-0.25, -0.2) is 0 Å². The molecule has 0 rings (SSSR count). The van der Waals surface area contributed by atoms with Crippen LogP contribution in [0.4, 0.5) is 0 Å². The largest absolute Gasteiger partial charge is 0.396 e. The Balaban J connectivity index is 3.62. The van der Waals surface area contributed by atoms with Gasteiger partial charge in [0.15, 0.2) is 0 Å². The van der Waals surface area contributed by atoms with Crippen LogP contribution >= 0.6 is 0 Å². The predicted octanol–water partition coefficient (Wildman–Crippen LogP) is 0.0442. The van der Waals surface area contributed by atoms with E-state index in [4.69, 9.17) is 15.3 Å². The molecule has 3 heteroatoms. The maximum absolute atomic E-state index is 9.16. The Bertz CT molecular complexity index is 68.7. The minimum Gasteiger partial charge on any atom is -0.396 e. The molecule has 3 N–H and O–H groups in total. The van der Waals surface area contributed by atoms with E-state index in [-0.39, 0.29) is 13.0 Å². The summed E-state index contributed by atoms with van der Waals surface area (Å²) in [5.41, 5.74) is -1.19. The Morgan fingerprint density at radius 3 is 2.22 bits per heavy atom. The normalized spacial score (nSPS) is 17.3. The first kappa shape index (κ1) is 8.88. The zero-order chi connectivity index (χ0) is 7.33. The lowest BCUT2D eigenvalue weighted by Crippen LogP contribution is -2.29. The Labute approximate surface area is 54.9 Å². The van der Waals surface area contributed by atoms with Gasteiger partial charge in [0.2, 0.25) is 0 Å². The molecule has 1 atom stereocenters. The molecule has 0 bridgehead atoms. The molecule has 0 aromatic rings. The van der Waals surface area contributed by atoms with Crippen LogP contribution in [0.3, 0.4) is 0 Å². The van der Waals surface area contributed by atoms with Gasteiger partial charge in [-0.3, -0.25) is 0 Å².